The monoisotopic (exact) mass is 276 g/mol. The van der Waals surface area contributed by atoms with Crippen LogP contribution in [0, 0.1) is 19.8 Å². The molecule has 0 spiro atoms. The molecule has 112 valence electrons. The summed E-state index contributed by atoms with van der Waals surface area (Å²) >= 11 is 0. The van der Waals surface area contributed by atoms with Crippen LogP contribution in [0.25, 0.3) is 0 Å². The van der Waals surface area contributed by atoms with Crippen LogP contribution in [0.3, 0.4) is 0 Å². The molecule has 1 aliphatic carbocycles. The molecule has 2 nitrogen and oxygen atoms in total. The Bertz CT molecular complexity index is 424. The van der Waals surface area contributed by atoms with Gasteiger partial charge in [0.05, 0.1) is 5.60 Å². The van der Waals surface area contributed by atoms with Gasteiger partial charge in [-0.2, -0.15) is 0 Å². The third-order valence-corrected chi connectivity index (χ3v) is 4.61. The van der Waals surface area contributed by atoms with Gasteiger partial charge in [0.15, 0.2) is 0 Å². The third kappa shape index (κ3) is 3.24. The molecule has 0 aromatic heterocycles. The Balaban J connectivity index is 2.28. The lowest BCUT2D eigenvalue weighted by molar-refractivity contribution is -0.146. The molecular weight excluding hydrogens is 248 g/mol. The fourth-order valence-electron chi connectivity index (χ4n) is 3.51. The first-order valence-corrected chi connectivity index (χ1v) is 7.87. The van der Waals surface area contributed by atoms with Gasteiger partial charge in [-0.15, -0.1) is 0 Å². The van der Waals surface area contributed by atoms with Gasteiger partial charge in [-0.25, -0.2) is 0 Å². The molecule has 0 bridgehead atoms. The van der Waals surface area contributed by atoms with E-state index in [0.29, 0.717) is 6.61 Å². The van der Waals surface area contributed by atoms with E-state index < -0.39 is 6.10 Å². The van der Waals surface area contributed by atoms with Crippen molar-refractivity contribution >= 4 is 0 Å². The van der Waals surface area contributed by atoms with Gasteiger partial charge >= 0.3 is 0 Å². The van der Waals surface area contributed by atoms with Crippen LogP contribution in [-0.2, 0) is 4.74 Å². The van der Waals surface area contributed by atoms with Crippen LogP contribution in [0.15, 0.2) is 18.2 Å². The number of hydrogen-bond donors (Lipinski definition) is 1. The van der Waals surface area contributed by atoms with E-state index in [-0.39, 0.29) is 5.60 Å². The Kier molecular flexibility index (Phi) is 4.87. The highest BCUT2D eigenvalue weighted by Crippen LogP contribution is 2.43. The van der Waals surface area contributed by atoms with Crippen molar-refractivity contribution in [3.63, 3.8) is 0 Å². The number of ether oxygens (including phenoxy) is 1. The first-order chi connectivity index (χ1) is 9.47. The van der Waals surface area contributed by atoms with Crippen molar-refractivity contribution in [2.24, 2.45) is 5.92 Å². The first-order valence-electron chi connectivity index (χ1n) is 7.87. The standard InChI is InChI=1S/C18H28O2/c1-5-20-18(8-6-13(2)7-9-18)17(19)16-11-14(3)10-15(4)12-16/h10-13,17,19H,5-9H2,1-4H3. The molecule has 0 amide bonds. The number of benzene rings is 1. The van der Waals surface area contributed by atoms with Crippen molar-refractivity contribution in [1.82, 2.24) is 0 Å². The molecule has 1 saturated carbocycles. The van der Waals surface area contributed by atoms with Gasteiger partial charge in [0.25, 0.3) is 0 Å². The summed E-state index contributed by atoms with van der Waals surface area (Å²) in [5.74, 6) is 0.745. The topological polar surface area (TPSA) is 29.5 Å². The van der Waals surface area contributed by atoms with Crippen molar-refractivity contribution in [3.8, 4) is 0 Å². The molecule has 1 aliphatic rings. The zero-order valence-electron chi connectivity index (χ0n) is 13.3. The molecule has 1 aromatic rings. The Labute approximate surface area is 123 Å². The van der Waals surface area contributed by atoms with Crippen molar-refractivity contribution in [2.75, 3.05) is 6.61 Å². The molecule has 1 unspecified atom stereocenters. The molecule has 1 atom stereocenters. The Morgan fingerprint density at radius 2 is 1.75 bits per heavy atom. The van der Waals surface area contributed by atoms with Gasteiger partial charge in [-0.05, 0) is 57.9 Å². The minimum Gasteiger partial charge on any atom is -0.385 e. The van der Waals surface area contributed by atoms with Crippen molar-refractivity contribution in [1.29, 1.82) is 0 Å². The van der Waals surface area contributed by atoms with Crippen LogP contribution < -0.4 is 0 Å². The lowest BCUT2D eigenvalue weighted by atomic mass is 9.74. The summed E-state index contributed by atoms with van der Waals surface area (Å²) in [6.45, 7) is 9.14. The molecule has 0 heterocycles. The molecule has 0 aliphatic heterocycles. The zero-order chi connectivity index (χ0) is 14.8. The Hall–Kier alpha value is -0.860. The van der Waals surface area contributed by atoms with E-state index in [0.717, 1.165) is 37.2 Å². The summed E-state index contributed by atoms with van der Waals surface area (Å²) in [5, 5.41) is 10.9. The van der Waals surface area contributed by atoms with Crippen molar-refractivity contribution in [2.45, 2.75) is 65.1 Å². The summed E-state index contributed by atoms with van der Waals surface area (Å²) in [4.78, 5) is 0. The highest BCUT2D eigenvalue weighted by atomic mass is 16.5. The van der Waals surface area contributed by atoms with Crippen molar-refractivity contribution in [3.05, 3.63) is 34.9 Å². The smallest absolute Gasteiger partial charge is 0.108 e. The zero-order valence-corrected chi connectivity index (χ0v) is 13.3. The van der Waals surface area contributed by atoms with Crippen LogP contribution in [0.4, 0.5) is 0 Å². The Morgan fingerprint density at radius 3 is 2.25 bits per heavy atom. The first kappa shape index (κ1) is 15.5. The van der Waals surface area contributed by atoms with E-state index in [1.165, 1.54) is 11.1 Å². The van der Waals surface area contributed by atoms with Crippen LogP contribution in [0.2, 0.25) is 0 Å². The number of hydrogen-bond acceptors (Lipinski definition) is 2. The predicted octanol–water partition coefficient (Wildman–Crippen LogP) is 4.32. The van der Waals surface area contributed by atoms with E-state index >= 15 is 0 Å². The largest absolute Gasteiger partial charge is 0.385 e. The van der Waals surface area contributed by atoms with E-state index in [1.807, 2.05) is 6.92 Å². The number of aryl methyl sites for hydroxylation is 2. The minimum atomic E-state index is -0.520. The molecule has 1 aromatic carbocycles. The fraction of sp³-hybridized carbons (Fsp3) is 0.667. The van der Waals surface area contributed by atoms with E-state index in [2.05, 4.69) is 39.0 Å². The van der Waals surface area contributed by atoms with Crippen LogP contribution >= 0.6 is 0 Å². The second-order valence-electron chi connectivity index (χ2n) is 6.50. The maximum absolute atomic E-state index is 10.9. The summed E-state index contributed by atoms with van der Waals surface area (Å²) in [6, 6.07) is 6.33. The van der Waals surface area contributed by atoms with Gasteiger partial charge in [-0.1, -0.05) is 36.2 Å². The normalized spacial score (nSPS) is 28.4. The SMILES string of the molecule is CCOC1(C(O)c2cc(C)cc(C)c2)CCC(C)CC1. The summed E-state index contributed by atoms with van der Waals surface area (Å²) in [6.07, 6.45) is 3.67. The van der Waals surface area contributed by atoms with Gasteiger partial charge < -0.3 is 9.84 Å². The lowest BCUT2D eigenvalue weighted by Gasteiger charge is -2.42. The Morgan fingerprint density at radius 1 is 1.20 bits per heavy atom. The highest BCUT2D eigenvalue weighted by Gasteiger charge is 2.42. The molecule has 1 N–H and O–H groups in total. The van der Waals surface area contributed by atoms with E-state index in [4.69, 9.17) is 4.74 Å². The number of rotatable bonds is 4. The quantitative estimate of drug-likeness (QED) is 0.887. The lowest BCUT2D eigenvalue weighted by Crippen LogP contribution is -2.42. The second-order valence-corrected chi connectivity index (χ2v) is 6.50. The fourth-order valence-corrected chi connectivity index (χ4v) is 3.51. The maximum Gasteiger partial charge on any atom is 0.108 e. The highest BCUT2D eigenvalue weighted by molar-refractivity contribution is 5.31. The van der Waals surface area contributed by atoms with Crippen LogP contribution in [0.5, 0.6) is 0 Å². The molecule has 0 radical (unpaired) electrons. The number of aliphatic hydroxyl groups excluding tert-OH is 1. The van der Waals surface area contributed by atoms with Crippen LogP contribution in [-0.4, -0.2) is 17.3 Å². The molecule has 0 saturated heterocycles. The maximum atomic E-state index is 10.9. The average molecular weight is 276 g/mol. The summed E-state index contributed by atoms with van der Waals surface area (Å²) in [7, 11) is 0. The molecule has 20 heavy (non-hydrogen) atoms. The predicted molar refractivity (Wildman–Crippen MR) is 82.9 cm³/mol. The van der Waals surface area contributed by atoms with Gasteiger partial charge in [-0.3, -0.25) is 0 Å². The molecule has 2 rings (SSSR count). The molecular formula is C18H28O2. The molecule has 1 fully saturated rings. The number of aliphatic hydroxyl groups is 1. The van der Waals surface area contributed by atoms with Crippen molar-refractivity contribution < 1.29 is 9.84 Å². The minimum absolute atomic E-state index is 0.387. The van der Waals surface area contributed by atoms with E-state index in [1.54, 1.807) is 0 Å². The second kappa shape index (κ2) is 6.28. The third-order valence-electron chi connectivity index (χ3n) is 4.61. The van der Waals surface area contributed by atoms with E-state index in [9.17, 15) is 5.11 Å². The summed E-state index contributed by atoms with van der Waals surface area (Å²) in [5.41, 5.74) is 3.02. The average Bonchev–Trinajstić information content (AvgIpc) is 2.40. The van der Waals surface area contributed by atoms with Gasteiger partial charge in [0.1, 0.15) is 6.10 Å². The van der Waals surface area contributed by atoms with Gasteiger partial charge in [0, 0.05) is 6.61 Å². The van der Waals surface area contributed by atoms with Gasteiger partial charge in [0.2, 0.25) is 0 Å². The van der Waals surface area contributed by atoms with Crippen LogP contribution in [0.1, 0.15) is 62.3 Å². The summed E-state index contributed by atoms with van der Waals surface area (Å²) < 4.78 is 6.06. The molecule has 2 heteroatoms.